The van der Waals surface area contributed by atoms with Crippen molar-refractivity contribution in [1.29, 1.82) is 0 Å². The maximum Gasteiger partial charge on any atom is 0.269 e. The van der Waals surface area contributed by atoms with Crippen LogP contribution < -0.4 is 10.1 Å². The standard InChI is InChI=1S/C14H15N3O3/c1-2-20-14-8-5-12(10-16-14)15-9-11-3-6-13(7-4-11)17(18)19/h3-8,10,15H,2,9H2,1H3. The average molecular weight is 273 g/mol. The molecule has 1 aromatic carbocycles. The fourth-order valence-electron chi connectivity index (χ4n) is 1.66. The molecule has 0 aliphatic heterocycles. The lowest BCUT2D eigenvalue weighted by molar-refractivity contribution is -0.384. The van der Waals surface area contributed by atoms with Crippen molar-refractivity contribution < 1.29 is 9.66 Å². The molecule has 1 N–H and O–H groups in total. The van der Waals surface area contributed by atoms with Crippen LogP contribution in [0.3, 0.4) is 0 Å². The number of nitrogens with one attached hydrogen (secondary N) is 1. The zero-order chi connectivity index (χ0) is 14.4. The summed E-state index contributed by atoms with van der Waals surface area (Å²) in [6, 6.07) is 10.1. The predicted molar refractivity (Wildman–Crippen MR) is 75.8 cm³/mol. The van der Waals surface area contributed by atoms with Crippen molar-refractivity contribution in [3.05, 3.63) is 58.3 Å². The molecule has 0 saturated carbocycles. The van der Waals surface area contributed by atoms with Crippen molar-refractivity contribution in [1.82, 2.24) is 4.98 Å². The third kappa shape index (κ3) is 3.68. The van der Waals surface area contributed by atoms with Gasteiger partial charge < -0.3 is 10.1 Å². The van der Waals surface area contributed by atoms with Crippen LogP contribution in [-0.4, -0.2) is 16.5 Å². The Morgan fingerprint density at radius 1 is 1.25 bits per heavy atom. The van der Waals surface area contributed by atoms with Crippen molar-refractivity contribution in [2.75, 3.05) is 11.9 Å². The van der Waals surface area contributed by atoms with E-state index in [-0.39, 0.29) is 5.69 Å². The summed E-state index contributed by atoms with van der Waals surface area (Å²) in [6.07, 6.45) is 1.69. The van der Waals surface area contributed by atoms with E-state index in [1.54, 1.807) is 24.4 Å². The van der Waals surface area contributed by atoms with Gasteiger partial charge in [-0.05, 0) is 18.6 Å². The van der Waals surface area contributed by atoms with Crippen LogP contribution in [0.4, 0.5) is 11.4 Å². The fraction of sp³-hybridized carbons (Fsp3) is 0.214. The first-order valence-corrected chi connectivity index (χ1v) is 6.25. The van der Waals surface area contributed by atoms with Crippen molar-refractivity contribution in [2.45, 2.75) is 13.5 Å². The van der Waals surface area contributed by atoms with Crippen molar-refractivity contribution in [3.63, 3.8) is 0 Å². The van der Waals surface area contributed by atoms with E-state index in [4.69, 9.17) is 4.74 Å². The Morgan fingerprint density at radius 2 is 2.00 bits per heavy atom. The summed E-state index contributed by atoms with van der Waals surface area (Å²) in [6.45, 7) is 3.07. The third-order valence-electron chi connectivity index (χ3n) is 2.67. The Bertz CT molecular complexity index is 567. The molecule has 0 saturated heterocycles. The lowest BCUT2D eigenvalue weighted by Gasteiger charge is -2.07. The molecule has 0 amide bonds. The van der Waals surface area contributed by atoms with E-state index in [1.165, 1.54) is 12.1 Å². The first kappa shape index (κ1) is 13.8. The highest BCUT2D eigenvalue weighted by Gasteiger charge is 2.03. The number of anilines is 1. The molecule has 0 atom stereocenters. The first-order valence-electron chi connectivity index (χ1n) is 6.25. The van der Waals surface area contributed by atoms with Gasteiger partial charge in [0, 0.05) is 24.7 Å². The molecule has 0 bridgehead atoms. The van der Waals surface area contributed by atoms with Crippen LogP contribution >= 0.6 is 0 Å². The average Bonchev–Trinajstić information content (AvgIpc) is 2.47. The molecule has 2 rings (SSSR count). The summed E-state index contributed by atoms with van der Waals surface area (Å²) < 4.78 is 5.26. The maximum absolute atomic E-state index is 10.5. The van der Waals surface area contributed by atoms with Crippen molar-refractivity contribution >= 4 is 11.4 Å². The number of hydrogen-bond donors (Lipinski definition) is 1. The van der Waals surface area contributed by atoms with Gasteiger partial charge in [0.2, 0.25) is 5.88 Å². The van der Waals surface area contributed by atoms with E-state index < -0.39 is 4.92 Å². The van der Waals surface area contributed by atoms with E-state index in [0.29, 0.717) is 19.0 Å². The second-order valence-electron chi connectivity index (χ2n) is 4.10. The molecule has 0 fully saturated rings. The van der Waals surface area contributed by atoms with Crippen LogP contribution in [0.15, 0.2) is 42.6 Å². The second kappa shape index (κ2) is 6.51. The zero-order valence-corrected chi connectivity index (χ0v) is 11.1. The minimum atomic E-state index is -0.409. The number of nitro groups is 1. The number of ether oxygens (including phenoxy) is 1. The van der Waals surface area contributed by atoms with Gasteiger partial charge in [-0.15, -0.1) is 0 Å². The summed E-state index contributed by atoms with van der Waals surface area (Å²) >= 11 is 0. The highest BCUT2D eigenvalue weighted by Crippen LogP contribution is 2.15. The molecule has 20 heavy (non-hydrogen) atoms. The van der Waals surface area contributed by atoms with Crippen LogP contribution in [0.25, 0.3) is 0 Å². The summed E-state index contributed by atoms with van der Waals surface area (Å²) in [4.78, 5) is 14.3. The van der Waals surface area contributed by atoms with E-state index in [0.717, 1.165) is 11.3 Å². The molecule has 0 unspecified atom stereocenters. The van der Waals surface area contributed by atoms with Gasteiger partial charge in [0.05, 0.1) is 23.4 Å². The highest BCUT2D eigenvalue weighted by molar-refractivity contribution is 5.43. The number of pyridine rings is 1. The molecule has 0 aliphatic carbocycles. The maximum atomic E-state index is 10.5. The normalized spacial score (nSPS) is 10.1. The van der Waals surface area contributed by atoms with Gasteiger partial charge in [-0.1, -0.05) is 12.1 Å². The summed E-state index contributed by atoms with van der Waals surface area (Å²) in [5.74, 6) is 0.591. The number of aromatic nitrogens is 1. The Hall–Kier alpha value is -2.63. The topological polar surface area (TPSA) is 77.3 Å². The number of nitrogens with zero attached hydrogens (tertiary/aromatic N) is 2. The molecule has 1 heterocycles. The van der Waals surface area contributed by atoms with E-state index in [9.17, 15) is 10.1 Å². The first-order chi connectivity index (χ1) is 9.69. The number of nitro benzene ring substituents is 1. The predicted octanol–water partition coefficient (Wildman–Crippen LogP) is 3.00. The minimum Gasteiger partial charge on any atom is -0.478 e. The van der Waals surface area contributed by atoms with Crippen LogP contribution in [0.2, 0.25) is 0 Å². The molecule has 0 spiro atoms. The molecule has 6 nitrogen and oxygen atoms in total. The van der Waals surface area contributed by atoms with E-state index in [2.05, 4.69) is 10.3 Å². The van der Waals surface area contributed by atoms with E-state index in [1.807, 2.05) is 13.0 Å². The second-order valence-corrected chi connectivity index (χ2v) is 4.10. The number of hydrogen-bond acceptors (Lipinski definition) is 5. The molecule has 6 heteroatoms. The highest BCUT2D eigenvalue weighted by atomic mass is 16.6. The van der Waals surface area contributed by atoms with Crippen molar-refractivity contribution in [3.8, 4) is 5.88 Å². The molecule has 104 valence electrons. The van der Waals surface area contributed by atoms with Crippen LogP contribution in [0.1, 0.15) is 12.5 Å². The van der Waals surface area contributed by atoms with Gasteiger partial charge in [0.1, 0.15) is 0 Å². The van der Waals surface area contributed by atoms with Gasteiger partial charge in [0.25, 0.3) is 5.69 Å². The Morgan fingerprint density at radius 3 is 2.55 bits per heavy atom. The Kier molecular flexibility index (Phi) is 4.49. The molecule has 0 aliphatic rings. The molecular weight excluding hydrogens is 258 g/mol. The van der Waals surface area contributed by atoms with Gasteiger partial charge >= 0.3 is 0 Å². The fourth-order valence-corrected chi connectivity index (χ4v) is 1.66. The van der Waals surface area contributed by atoms with E-state index >= 15 is 0 Å². The van der Waals surface area contributed by atoms with Crippen LogP contribution in [0, 0.1) is 10.1 Å². The van der Waals surface area contributed by atoms with Crippen molar-refractivity contribution in [2.24, 2.45) is 0 Å². The zero-order valence-electron chi connectivity index (χ0n) is 11.1. The summed E-state index contributed by atoms with van der Waals surface area (Å²) in [7, 11) is 0. The van der Waals surface area contributed by atoms with Crippen LogP contribution in [-0.2, 0) is 6.54 Å². The third-order valence-corrected chi connectivity index (χ3v) is 2.67. The molecule has 2 aromatic rings. The molecule has 0 radical (unpaired) electrons. The van der Waals surface area contributed by atoms with Gasteiger partial charge in [-0.3, -0.25) is 10.1 Å². The van der Waals surface area contributed by atoms with Gasteiger partial charge in [0.15, 0.2) is 0 Å². The summed E-state index contributed by atoms with van der Waals surface area (Å²) in [5, 5.41) is 13.7. The smallest absolute Gasteiger partial charge is 0.269 e. The minimum absolute atomic E-state index is 0.0940. The molecular formula is C14H15N3O3. The quantitative estimate of drug-likeness (QED) is 0.646. The number of non-ortho nitro benzene ring substituents is 1. The Labute approximate surface area is 116 Å². The largest absolute Gasteiger partial charge is 0.478 e. The lowest BCUT2D eigenvalue weighted by Crippen LogP contribution is -2.01. The lowest BCUT2D eigenvalue weighted by atomic mass is 10.2. The molecule has 1 aromatic heterocycles. The van der Waals surface area contributed by atoms with Crippen LogP contribution in [0.5, 0.6) is 5.88 Å². The monoisotopic (exact) mass is 273 g/mol. The van der Waals surface area contributed by atoms with Gasteiger partial charge in [-0.2, -0.15) is 0 Å². The SMILES string of the molecule is CCOc1ccc(NCc2ccc([N+](=O)[O-])cc2)cn1. The summed E-state index contributed by atoms with van der Waals surface area (Å²) in [5.41, 5.74) is 1.92. The number of rotatable bonds is 6. The number of benzene rings is 1. The van der Waals surface area contributed by atoms with Gasteiger partial charge in [-0.25, -0.2) is 4.98 Å². The Balaban J connectivity index is 1.92.